The van der Waals surface area contributed by atoms with Gasteiger partial charge in [0.1, 0.15) is 11.4 Å². The summed E-state index contributed by atoms with van der Waals surface area (Å²) in [5, 5.41) is 0. The van der Waals surface area contributed by atoms with Gasteiger partial charge in [0, 0.05) is 13.1 Å². The summed E-state index contributed by atoms with van der Waals surface area (Å²) in [7, 11) is 0. The molecule has 0 bridgehead atoms. The predicted molar refractivity (Wildman–Crippen MR) is 65.8 cm³/mol. The van der Waals surface area contributed by atoms with Crippen LogP contribution in [0.25, 0.3) is 0 Å². The lowest BCUT2D eigenvalue weighted by Crippen LogP contribution is -2.09. The highest BCUT2D eigenvalue weighted by Gasteiger charge is 2.25. The first kappa shape index (κ1) is 12.9. The number of hydrogen-bond donors (Lipinski definition) is 0. The molecule has 0 fully saturated rings. The normalized spacial score (nSPS) is 11.3. The first-order valence-corrected chi connectivity index (χ1v) is 5.89. The maximum absolute atomic E-state index is 13.0. The zero-order chi connectivity index (χ0) is 13.2. The molecule has 94 valence electrons. The SMILES string of the molecule is CC(F)(F)c1ccc(Oc2ncccc2Br)cn1. The van der Waals surface area contributed by atoms with Crippen molar-refractivity contribution in [3.8, 4) is 11.6 Å². The second-order valence-electron chi connectivity index (χ2n) is 3.66. The Balaban J connectivity index is 2.19. The molecule has 18 heavy (non-hydrogen) atoms. The van der Waals surface area contributed by atoms with E-state index in [0.29, 0.717) is 16.1 Å². The lowest BCUT2D eigenvalue weighted by Gasteiger charge is -2.10. The summed E-state index contributed by atoms with van der Waals surface area (Å²) in [6, 6.07) is 6.17. The smallest absolute Gasteiger partial charge is 0.286 e. The van der Waals surface area contributed by atoms with E-state index in [0.717, 1.165) is 6.92 Å². The number of rotatable bonds is 3. The van der Waals surface area contributed by atoms with Gasteiger partial charge in [-0.1, -0.05) is 0 Å². The second-order valence-corrected chi connectivity index (χ2v) is 4.51. The summed E-state index contributed by atoms with van der Waals surface area (Å²) in [4.78, 5) is 7.66. The largest absolute Gasteiger partial charge is 0.436 e. The fourth-order valence-electron chi connectivity index (χ4n) is 1.26. The van der Waals surface area contributed by atoms with Crippen molar-refractivity contribution in [2.24, 2.45) is 0 Å². The molecule has 0 spiro atoms. The fourth-order valence-corrected chi connectivity index (χ4v) is 1.59. The van der Waals surface area contributed by atoms with Gasteiger partial charge in [-0.15, -0.1) is 0 Å². The number of pyridine rings is 2. The van der Waals surface area contributed by atoms with Gasteiger partial charge in [0.15, 0.2) is 0 Å². The Bertz CT molecular complexity index is 541. The highest BCUT2D eigenvalue weighted by atomic mass is 79.9. The maximum Gasteiger partial charge on any atom is 0.286 e. The van der Waals surface area contributed by atoms with E-state index in [1.165, 1.54) is 18.3 Å². The maximum atomic E-state index is 13.0. The Morgan fingerprint density at radius 3 is 2.56 bits per heavy atom. The third-order valence-corrected chi connectivity index (χ3v) is 2.73. The minimum atomic E-state index is -2.95. The van der Waals surface area contributed by atoms with E-state index in [4.69, 9.17) is 4.74 Å². The van der Waals surface area contributed by atoms with Crippen LogP contribution in [-0.4, -0.2) is 9.97 Å². The zero-order valence-corrected chi connectivity index (χ0v) is 11.0. The molecule has 3 nitrogen and oxygen atoms in total. The van der Waals surface area contributed by atoms with Gasteiger partial charge in [-0.3, -0.25) is 4.98 Å². The molecule has 2 rings (SSSR count). The van der Waals surface area contributed by atoms with Crippen LogP contribution in [0.5, 0.6) is 11.6 Å². The molecule has 0 unspecified atom stereocenters. The molecule has 0 saturated heterocycles. The van der Waals surface area contributed by atoms with Crippen molar-refractivity contribution < 1.29 is 13.5 Å². The van der Waals surface area contributed by atoms with Gasteiger partial charge < -0.3 is 4.74 Å². The Morgan fingerprint density at radius 2 is 2.00 bits per heavy atom. The number of nitrogens with zero attached hydrogens (tertiary/aromatic N) is 2. The average molecular weight is 315 g/mol. The van der Waals surface area contributed by atoms with Crippen LogP contribution in [0.15, 0.2) is 41.1 Å². The molecular weight excluding hydrogens is 306 g/mol. The van der Waals surface area contributed by atoms with Gasteiger partial charge in [-0.05, 0) is 40.2 Å². The minimum Gasteiger partial charge on any atom is -0.436 e. The van der Waals surface area contributed by atoms with Crippen molar-refractivity contribution in [2.45, 2.75) is 12.8 Å². The molecule has 2 aromatic heterocycles. The van der Waals surface area contributed by atoms with Crippen molar-refractivity contribution >= 4 is 15.9 Å². The van der Waals surface area contributed by atoms with E-state index in [1.54, 1.807) is 18.3 Å². The van der Waals surface area contributed by atoms with E-state index in [2.05, 4.69) is 25.9 Å². The zero-order valence-electron chi connectivity index (χ0n) is 9.40. The van der Waals surface area contributed by atoms with Gasteiger partial charge in [-0.2, -0.15) is 8.78 Å². The molecule has 0 aliphatic heterocycles. The summed E-state index contributed by atoms with van der Waals surface area (Å²) in [5.41, 5.74) is -0.296. The Labute approximate surface area is 111 Å². The predicted octanol–water partition coefficient (Wildman–Crippen LogP) is 4.14. The van der Waals surface area contributed by atoms with E-state index in [9.17, 15) is 8.78 Å². The molecule has 2 aromatic rings. The molecule has 0 aliphatic carbocycles. The topological polar surface area (TPSA) is 35.0 Å². The van der Waals surface area contributed by atoms with Crippen molar-refractivity contribution in [3.63, 3.8) is 0 Å². The van der Waals surface area contributed by atoms with Crippen molar-refractivity contribution in [2.75, 3.05) is 0 Å². The number of ether oxygens (including phenoxy) is 1. The number of halogens is 3. The molecule has 6 heteroatoms. The fraction of sp³-hybridized carbons (Fsp3) is 0.167. The van der Waals surface area contributed by atoms with Crippen molar-refractivity contribution in [1.82, 2.24) is 9.97 Å². The molecule has 0 aliphatic rings. The lowest BCUT2D eigenvalue weighted by atomic mass is 10.2. The van der Waals surface area contributed by atoms with E-state index in [-0.39, 0.29) is 5.69 Å². The summed E-state index contributed by atoms with van der Waals surface area (Å²) >= 11 is 3.27. The molecular formula is C12H9BrF2N2O. The first-order valence-electron chi connectivity index (χ1n) is 5.09. The van der Waals surface area contributed by atoms with Crippen LogP contribution in [0.4, 0.5) is 8.78 Å². The summed E-state index contributed by atoms with van der Waals surface area (Å²) in [6.45, 7) is 0.797. The highest BCUT2D eigenvalue weighted by Crippen LogP contribution is 2.29. The Morgan fingerprint density at radius 1 is 1.22 bits per heavy atom. The van der Waals surface area contributed by atoms with Crippen LogP contribution >= 0.6 is 15.9 Å². The third-order valence-electron chi connectivity index (χ3n) is 2.13. The molecule has 0 aromatic carbocycles. The highest BCUT2D eigenvalue weighted by molar-refractivity contribution is 9.10. The molecule has 0 saturated carbocycles. The molecule has 0 atom stereocenters. The van der Waals surface area contributed by atoms with Gasteiger partial charge in [0.05, 0.1) is 10.7 Å². The second kappa shape index (κ2) is 4.97. The van der Waals surface area contributed by atoms with Crippen LogP contribution in [0.1, 0.15) is 12.6 Å². The molecule has 0 radical (unpaired) electrons. The van der Waals surface area contributed by atoms with Crippen molar-refractivity contribution in [1.29, 1.82) is 0 Å². The van der Waals surface area contributed by atoms with E-state index < -0.39 is 5.92 Å². The molecule has 0 N–H and O–H groups in total. The van der Waals surface area contributed by atoms with Gasteiger partial charge in [0.25, 0.3) is 5.92 Å². The molecule has 2 heterocycles. The van der Waals surface area contributed by atoms with Crippen LogP contribution < -0.4 is 4.74 Å². The number of hydrogen-bond acceptors (Lipinski definition) is 3. The summed E-state index contributed by atoms with van der Waals surface area (Å²) in [5.74, 6) is -2.25. The van der Waals surface area contributed by atoms with Crippen LogP contribution in [-0.2, 0) is 5.92 Å². The van der Waals surface area contributed by atoms with E-state index >= 15 is 0 Å². The standard InChI is InChI=1S/C12H9BrF2N2O/c1-12(14,15)10-5-4-8(7-17-10)18-11-9(13)3-2-6-16-11/h2-7H,1H3. The van der Waals surface area contributed by atoms with Crippen LogP contribution in [0, 0.1) is 0 Å². The number of alkyl halides is 2. The minimum absolute atomic E-state index is 0.296. The Kier molecular flexibility index (Phi) is 3.56. The monoisotopic (exact) mass is 314 g/mol. The van der Waals surface area contributed by atoms with Crippen molar-refractivity contribution in [3.05, 3.63) is 46.8 Å². The molecule has 0 amide bonds. The number of aromatic nitrogens is 2. The van der Waals surface area contributed by atoms with Gasteiger partial charge in [-0.25, -0.2) is 4.98 Å². The van der Waals surface area contributed by atoms with Crippen LogP contribution in [0.2, 0.25) is 0 Å². The van der Waals surface area contributed by atoms with E-state index in [1.807, 2.05) is 0 Å². The Hall–Kier alpha value is -1.56. The average Bonchev–Trinajstić information content (AvgIpc) is 2.32. The van der Waals surface area contributed by atoms with Crippen LogP contribution in [0.3, 0.4) is 0 Å². The quantitative estimate of drug-likeness (QED) is 0.854. The lowest BCUT2D eigenvalue weighted by molar-refractivity contribution is 0.0127. The van der Waals surface area contributed by atoms with Gasteiger partial charge in [0.2, 0.25) is 5.88 Å². The summed E-state index contributed by atoms with van der Waals surface area (Å²) < 4.78 is 32.0. The first-order chi connectivity index (χ1) is 8.47. The van der Waals surface area contributed by atoms with Gasteiger partial charge >= 0.3 is 0 Å². The summed E-state index contributed by atoms with van der Waals surface area (Å²) in [6.07, 6.45) is 2.82. The third kappa shape index (κ3) is 3.01.